The molecule has 1 fully saturated rings. The Balaban J connectivity index is 0. The summed E-state index contributed by atoms with van der Waals surface area (Å²) in [7, 11) is 3.25. The lowest BCUT2D eigenvalue weighted by Crippen LogP contribution is -2.03. The van der Waals surface area contributed by atoms with E-state index in [2.05, 4.69) is 36.6 Å². The van der Waals surface area contributed by atoms with Gasteiger partial charge < -0.3 is 23.7 Å². The van der Waals surface area contributed by atoms with E-state index in [0.717, 1.165) is 13.2 Å². The predicted octanol–water partition coefficient (Wildman–Crippen LogP) is 0.535. The topological polar surface area (TPSA) is 125 Å². The van der Waals surface area contributed by atoms with Crippen LogP contribution in [0.15, 0.2) is 16.6 Å². The summed E-state index contributed by atoms with van der Waals surface area (Å²) in [5.74, 6) is 1.42. The van der Waals surface area contributed by atoms with Gasteiger partial charge in [0.2, 0.25) is 0 Å². The molecule has 26 heavy (non-hydrogen) atoms. The third kappa shape index (κ3) is 23.9. The summed E-state index contributed by atoms with van der Waals surface area (Å²) < 4.78 is 22.5. The summed E-state index contributed by atoms with van der Waals surface area (Å²) in [5.41, 5.74) is 0. The molecule has 0 saturated carbocycles. The number of esters is 3. The van der Waals surface area contributed by atoms with Crippen LogP contribution in [-0.4, -0.2) is 76.5 Å². The van der Waals surface area contributed by atoms with Gasteiger partial charge in [-0.05, 0) is 12.4 Å². The Hall–Kier alpha value is -2.39. The van der Waals surface area contributed by atoms with Gasteiger partial charge in [0.1, 0.15) is 19.4 Å². The van der Waals surface area contributed by atoms with Gasteiger partial charge in [-0.25, -0.2) is 14.8 Å². The lowest BCUT2D eigenvalue weighted by atomic mass is 10.5. The number of hydrogen-bond donors (Lipinski definition) is 0. The van der Waals surface area contributed by atoms with Crippen molar-refractivity contribution in [2.24, 2.45) is 9.98 Å². The van der Waals surface area contributed by atoms with Crippen LogP contribution in [0.1, 0.15) is 20.8 Å². The molecule has 10 heteroatoms. The molecule has 2 heterocycles. The van der Waals surface area contributed by atoms with E-state index in [0.29, 0.717) is 18.7 Å². The van der Waals surface area contributed by atoms with Gasteiger partial charge in [-0.15, -0.1) is 0 Å². The highest BCUT2D eigenvalue weighted by molar-refractivity contribution is 5.93. The van der Waals surface area contributed by atoms with Crippen molar-refractivity contribution in [3.8, 4) is 0 Å². The SMILES string of the molecule is C=C=NCOC.CC(=O)OC(C)=O.CC1=NCC(=O)O1.COCC1CO1. The number of nitrogens with zero attached hydrogens (tertiary/aromatic N) is 2. The summed E-state index contributed by atoms with van der Waals surface area (Å²) in [6, 6.07) is 0. The van der Waals surface area contributed by atoms with Crippen LogP contribution in [0.2, 0.25) is 0 Å². The van der Waals surface area contributed by atoms with Gasteiger partial charge in [0, 0.05) is 35.0 Å². The van der Waals surface area contributed by atoms with E-state index in [4.69, 9.17) is 9.47 Å². The third-order valence-electron chi connectivity index (χ3n) is 2.04. The van der Waals surface area contributed by atoms with Crippen LogP contribution < -0.4 is 0 Å². The average Bonchev–Trinajstić information content (AvgIpc) is 3.28. The molecule has 0 aromatic rings. The maximum absolute atomic E-state index is 10.1. The smallest absolute Gasteiger partial charge is 0.334 e. The van der Waals surface area contributed by atoms with Crippen molar-refractivity contribution >= 4 is 29.7 Å². The maximum Gasteiger partial charge on any atom is 0.334 e. The van der Waals surface area contributed by atoms with Gasteiger partial charge in [-0.3, -0.25) is 9.59 Å². The fourth-order valence-corrected chi connectivity index (χ4v) is 1.07. The molecule has 0 spiro atoms. The summed E-state index contributed by atoms with van der Waals surface area (Å²) in [5, 5.41) is 0. The van der Waals surface area contributed by atoms with E-state index in [9.17, 15) is 14.4 Å². The number of epoxide rings is 1. The summed E-state index contributed by atoms with van der Waals surface area (Å²) in [6.07, 6.45) is 0.426. The minimum Gasteiger partial charge on any atom is -0.411 e. The Morgan fingerprint density at radius 3 is 2.00 bits per heavy atom. The highest BCUT2D eigenvalue weighted by Gasteiger charge is 2.21. The molecule has 0 bridgehead atoms. The fraction of sp³-hybridized carbons (Fsp3) is 0.625. The molecule has 0 amide bonds. The van der Waals surface area contributed by atoms with Crippen LogP contribution in [0.25, 0.3) is 0 Å². The van der Waals surface area contributed by atoms with Gasteiger partial charge >= 0.3 is 17.9 Å². The third-order valence-corrected chi connectivity index (χ3v) is 2.04. The predicted molar refractivity (Wildman–Crippen MR) is 93.1 cm³/mol. The highest BCUT2D eigenvalue weighted by Crippen LogP contribution is 2.06. The number of hydrogen-bond acceptors (Lipinski definition) is 10. The monoisotopic (exact) mass is 374 g/mol. The van der Waals surface area contributed by atoms with E-state index in [-0.39, 0.29) is 12.5 Å². The zero-order valence-corrected chi connectivity index (χ0v) is 15.8. The first-order valence-corrected chi connectivity index (χ1v) is 7.45. The number of carbonyl (C=O) groups excluding carboxylic acids is 3. The number of methoxy groups -OCH3 is 2. The molecule has 2 rings (SSSR count). The van der Waals surface area contributed by atoms with Crippen molar-refractivity contribution < 1.29 is 38.1 Å². The van der Waals surface area contributed by atoms with Crippen molar-refractivity contribution in [2.45, 2.75) is 26.9 Å². The standard InChI is InChI=1S/C4H5NO2.C4H7NO.C4H6O3.C4H8O2/c1-3-5-2-4(6)7-3;1-3-5-4-6-2;1-3(5)7-4(2)6;1-5-2-4-3-6-4/h2H2,1H3;1,4H2,2H3;1-2H3;4H,2-3H2,1H3. The van der Waals surface area contributed by atoms with E-state index >= 15 is 0 Å². The van der Waals surface area contributed by atoms with Crippen molar-refractivity contribution in [1.82, 2.24) is 0 Å². The molecule has 2 aliphatic rings. The molecular weight excluding hydrogens is 348 g/mol. The Morgan fingerprint density at radius 2 is 1.88 bits per heavy atom. The minimum absolute atomic E-state index is 0.200. The van der Waals surface area contributed by atoms with E-state index in [1.54, 1.807) is 21.1 Å². The van der Waals surface area contributed by atoms with Crippen molar-refractivity contribution in [3.63, 3.8) is 0 Å². The van der Waals surface area contributed by atoms with Gasteiger partial charge in [0.25, 0.3) is 0 Å². The molecular formula is C16H26N2O8. The highest BCUT2D eigenvalue weighted by atomic mass is 16.6. The van der Waals surface area contributed by atoms with E-state index in [1.165, 1.54) is 13.8 Å². The number of aliphatic imine (C=N–C) groups is 2. The number of carbonyl (C=O) groups is 3. The first kappa shape index (κ1) is 25.8. The van der Waals surface area contributed by atoms with Crippen LogP contribution in [0.4, 0.5) is 0 Å². The first-order chi connectivity index (χ1) is 12.3. The maximum atomic E-state index is 10.1. The molecule has 1 saturated heterocycles. The molecule has 0 radical (unpaired) electrons. The minimum atomic E-state index is -0.562. The molecule has 0 aromatic heterocycles. The van der Waals surface area contributed by atoms with Gasteiger partial charge in [0.15, 0.2) is 5.90 Å². The van der Waals surface area contributed by atoms with Gasteiger partial charge in [-0.2, -0.15) is 0 Å². The van der Waals surface area contributed by atoms with Crippen molar-refractivity contribution in [1.29, 1.82) is 0 Å². The lowest BCUT2D eigenvalue weighted by molar-refractivity contribution is -0.156. The van der Waals surface area contributed by atoms with E-state index < -0.39 is 11.9 Å². The second-order valence-corrected chi connectivity index (χ2v) is 4.54. The molecule has 0 aromatic carbocycles. The van der Waals surface area contributed by atoms with Crippen LogP contribution in [0.5, 0.6) is 0 Å². The summed E-state index contributed by atoms with van der Waals surface area (Å²) >= 11 is 0. The second kappa shape index (κ2) is 17.4. The quantitative estimate of drug-likeness (QED) is 0.302. The summed E-state index contributed by atoms with van der Waals surface area (Å²) in [4.78, 5) is 36.9. The van der Waals surface area contributed by atoms with E-state index in [1.807, 2.05) is 0 Å². The van der Waals surface area contributed by atoms with Crippen LogP contribution in [-0.2, 0) is 38.1 Å². The van der Waals surface area contributed by atoms with Crippen LogP contribution in [0, 0.1) is 0 Å². The Labute approximate surface area is 152 Å². The number of rotatable bonds is 4. The second-order valence-electron chi connectivity index (χ2n) is 4.54. The average molecular weight is 374 g/mol. The molecule has 10 nitrogen and oxygen atoms in total. The zero-order valence-electron chi connectivity index (χ0n) is 15.8. The van der Waals surface area contributed by atoms with Crippen LogP contribution >= 0.6 is 0 Å². The molecule has 0 aliphatic carbocycles. The van der Waals surface area contributed by atoms with Crippen molar-refractivity contribution in [3.05, 3.63) is 6.58 Å². The Morgan fingerprint density at radius 1 is 1.31 bits per heavy atom. The molecule has 1 atom stereocenters. The lowest BCUT2D eigenvalue weighted by Gasteiger charge is -1.87. The molecule has 1 unspecified atom stereocenters. The normalized spacial score (nSPS) is 15.8. The van der Waals surface area contributed by atoms with Crippen LogP contribution in [0.3, 0.4) is 0 Å². The Bertz CT molecular complexity index is 496. The first-order valence-electron chi connectivity index (χ1n) is 7.45. The summed E-state index contributed by atoms with van der Waals surface area (Å²) in [6.45, 7) is 9.47. The van der Waals surface area contributed by atoms with Gasteiger partial charge in [-0.1, -0.05) is 0 Å². The van der Waals surface area contributed by atoms with Crippen molar-refractivity contribution in [2.75, 3.05) is 40.7 Å². The largest absolute Gasteiger partial charge is 0.411 e. The van der Waals surface area contributed by atoms with Gasteiger partial charge in [0.05, 0.1) is 13.2 Å². The zero-order chi connectivity index (χ0) is 20.4. The Kier molecular flexibility index (Phi) is 17.3. The fourth-order valence-electron chi connectivity index (χ4n) is 1.07. The molecule has 2 aliphatic heterocycles. The molecule has 0 N–H and O–H groups in total. The number of cyclic esters (lactones) is 1. The number of ether oxygens (including phenoxy) is 5. The molecule has 148 valence electrons.